The molecule has 0 rings (SSSR count). The number of hydrogen-bond donors (Lipinski definition) is 0. The maximum absolute atomic E-state index is 4.94. The maximum atomic E-state index is 4.94. The van der Waals surface area contributed by atoms with Crippen LogP contribution < -0.4 is 0 Å². The molecule has 0 saturated heterocycles. The van der Waals surface area contributed by atoms with E-state index in [-0.39, 0.29) is 0 Å². The van der Waals surface area contributed by atoms with E-state index in [2.05, 4.69) is 18.7 Å². The third-order valence-corrected chi connectivity index (χ3v) is 2.29. The molecule has 0 N–H and O–H groups in total. The van der Waals surface area contributed by atoms with Gasteiger partial charge in [-0.05, 0) is 12.8 Å². The van der Waals surface area contributed by atoms with Crippen LogP contribution in [0.1, 0.15) is 46.0 Å². The Bertz CT molecular complexity index is 104. The Labute approximate surface area is 82.1 Å². The Morgan fingerprint density at radius 2 is 1.58 bits per heavy atom. The lowest BCUT2D eigenvalue weighted by Gasteiger charge is -2.17. The monoisotopic (exact) mass is 187 g/mol. The molecule has 0 aromatic rings. The summed E-state index contributed by atoms with van der Waals surface area (Å²) in [5.41, 5.74) is 1.81. The maximum Gasteiger partial charge on any atom is 0.0640 e. The zero-order chi connectivity index (χ0) is 9.23. The Kier molecular flexibility index (Phi) is 8.90. The summed E-state index contributed by atoms with van der Waals surface area (Å²) in [6.07, 6.45) is 6.42. The minimum atomic E-state index is 1.14. The highest BCUT2D eigenvalue weighted by molar-refractivity contribution is 7.78. The molecule has 0 aliphatic carbocycles. The predicted molar refractivity (Wildman–Crippen MR) is 59.7 cm³/mol. The smallest absolute Gasteiger partial charge is 0.0640 e. The van der Waals surface area contributed by atoms with Crippen molar-refractivity contribution in [2.45, 2.75) is 46.0 Å². The SMILES string of the molecule is CCCCCN(C=S)CCCC. The number of rotatable bonds is 8. The first-order chi connectivity index (χ1) is 5.85. The molecule has 72 valence electrons. The van der Waals surface area contributed by atoms with Gasteiger partial charge in [-0.25, -0.2) is 0 Å². The van der Waals surface area contributed by atoms with Gasteiger partial charge in [0.15, 0.2) is 0 Å². The topological polar surface area (TPSA) is 3.24 Å². The zero-order valence-electron chi connectivity index (χ0n) is 8.38. The molecule has 0 aromatic heterocycles. The van der Waals surface area contributed by atoms with Crippen molar-refractivity contribution in [1.82, 2.24) is 4.90 Å². The summed E-state index contributed by atoms with van der Waals surface area (Å²) in [6, 6.07) is 0. The molecule has 0 aliphatic heterocycles. The molecule has 0 radical (unpaired) electrons. The van der Waals surface area contributed by atoms with E-state index in [0.717, 1.165) is 13.1 Å². The minimum Gasteiger partial charge on any atom is -0.369 e. The van der Waals surface area contributed by atoms with Gasteiger partial charge >= 0.3 is 0 Å². The predicted octanol–water partition coefficient (Wildman–Crippen LogP) is 3.24. The van der Waals surface area contributed by atoms with Gasteiger partial charge in [-0.3, -0.25) is 0 Å². The first-order valence-corrected chi connectivity index (χ1v) is 5.51. The van der Waals surface area contributed by atoms with Crippen molar-refractivity contribution in [2.75, 3.05) is 13.1 Å². The second kappa shape index (κ2) is 8.98. The van der Waals surface area contributed by atoms with Crippen molar-refractivity contribution in [1.29, 1.82) is 0 Å². The standard InChI is InChI=1S/C10H21NS/c1-3-5-7-9-11(10-12)8-6-4-2/h10H,3-9H2,1-2H3. The summed E-state index contributed by atoms with van der Waals surface area (Å²) < 4.78 is 0. The quantitative estimate of drug-likeness (QED) is 0.424. The van der Waals surface area contributed by atoms with Crippen LogP contribution in [0.15, 0.2) is 0 Å². The summed E-state index contributed by atoms with van der Waals surface area (Å²) in [5.74, 6) is 0. The van der Waals surface area contributed by atoms with Gasteiger partial charge < -0.3 is 4.90 Å². The molecule has 0 aliphatic rings. The summed E-state index contributed by atoms with van der Waals surface area (Å²) in [5, 5.41) is 0. The van der Waals surface area contributed by atoms with Gasteiger partial charge in [0.05, 0.1) is 5.49 Å². The lowest BCUT2D eigenvalue weighted by molar-refractivity contribution is 0.409. The Morgan fingerprint density at radius 1 is 1.00 bits per heavy atom. The molecule has 12 heavy (non-hydrogen) atoms. The van der Waals surface area contributed by atoms with Crippen LogP contribution in [0.25, 0.3) is 0 Å². The zero-order valence-corrected chi connectivity index (χ0v) is 9.20. The molecule has 0 aromatic carbocycles. The van der Waals surface area contributed by atoms with Crippen molar-refractivity contribution in [3.8, 4) is 0 Å². The van der Waals surface area contributed by atoms with Crippen LogP contribution in [-0.2, 0) is 0 Å². The van der Waals surface area contributed by atoms with Crippen molar-refractivity contribution in [2.24, 2.45) is 0 Å². The van der Waals surface area contributed by atoms with Crippen LogP contribution in [0.4, 0.5) is 0 Å². The summed E-state index contributed by atoms with van der Waals surface area (Å²) in [7, 11) is 0. The molecule has 2 heteroatoms. The average molecular weight is 187 g/mol. The van der Waals surface area contributed by atoms with Crippen LogP contribution in [0.2, 0.25) is 0 Å². The highest BCUT2D eigenvalue weighted by Gasteiger charge is 1.96. The molecule has 0 atom stereocenters. The molecular weight excluding hydrogens is 166 g/mol. The van der Waals surface area contributed by atoms with E-state index in [1.54, 1.807) is 0 Å². The van der Waals surface area contributed by atoms with E-state index in [1.165, 1.54) is 32.1 Å². The summed E-state index contributed by atoms with van der Waals surface area (Å²) in [4.78, 5) is 2.26. The first-order valence-electron chi connectivity index (χ1n) is 5.04. The molecule has 0 unspecified atom stereocenters. The van der Waals surface area contributed by atoms with Gasteiger partial charge in [0, 0.05) is 13.1 Å². The second-order valence-electron chi connectivity index (χ2n) is 3.20. The molecule has 0 bridgehead atoms. The van der Waals surface area contributed by atoms with Crippen LogP contribution in [-0.4, -0.2) is 23.5 Å². The van der Waals surface area contributed by atoms with Crippen LogP contribution >= 0.6 is 12.2 Å². The average Bonchev–Trinajstić information content (AvgIpc) is 2.11. The fourth-order valence-corrected chi connectivity index (χ4v) is 1.35. The van der Waals surface area contributed by atoms with Crippen LogP contribution in [0, 0.1) is 0 Å². The van der Waals surface area contributed by atoms with Gasteiger partial charge in [-0.1, -0.05) is 45.3 Å². The second-order valence-corrected chi connectivity index (χ2v) is 3.41. The van der Waals surface area contributed by atoms with E-state index in [1.807, 2.05) is 5.49 Å². The number of nitrogens with zero attached hydrogens (tertiary/aromatic N) is 1. The minimum absolute atomic E-state index is 1.14. The van der Waals surface area contributed by atoms with Crippen molar-refractivity contribution in [3.05, 3.63) is 0 Å². The van der Waals surface area contributed by atoms with Crippen molar-refractivity contribution >= 4 is 17.7 Å². The van der Waals surface area contributed by atoms with Crippen LogP contribution in [0.5, 0.6) is 0 Å². The fraction of sp³-hybridized carbons (Fsp3) is 0.900. The highest BCUT2D eigenvalue weighted by atomic mass is 32.1. The van der Waals surface area contributed by atoms with E-state index < -0.39 is 0 Å². The largest absolute Gasteiger partial charge is 0.369 e. The van der Waals surface area contributed by atoms with Gasteiger partial charge in [0.25, 0.3) is 0 Å². The van der Waals surface area contributed by atoms with E-state index in [0.29, 0.717) is 0 Å². The molecule has 0 heterocycles. The number of unbranched alkanes of at least 4 members (excludes halogenated alkanes) is 3. The first kappa shape index (κ1) is 11.9. The van der Waals surface area contributed by atoms with Gasteiger partial charge in [-0.2, -0.15) is 0 Å². The third kappa shape index (κ3) is 6.59. The van der Waals surface area contributed by atoms with Crippen molar-refractivity contribution < 1.29 is 0 Å². The Balaban J connectivity index is 3.32. The number of hydrogen-bond acceptors (Lipinski definition) is 1. The lowest BCUT2D eigenvalue weighted by Crippen LogP contribution is -2.23. The Morgan fingerprint density at radius 3 is 2.08 bits per heavy atom. The molecule has 0 spiro atoms. The molecule has 0 fully saturated rings. The third-order valence-electron chi connectivity index (χ3n) is 2.00. The fourth-order valence-electron chi connectivity index (χ4n) is 1.14. The van der Waals surface area contributed by atoms with E-state index >= 15 is 0 Å². The van der Waals surface area contributed by atoms with E-state index in [9.17, 15) is 0 Å². The summed E-state index contributed by atoms with van der Waals surface area (Å²) >= 11 is 4.94. The van der Waals surface area contributed by atoms with Crippen LogP contribution in [0.3, 0.4) is 0 Å². The molecule has 0 amide bonds. The molecule has 0 saturated carbocycles. The van der Waals surface area contributed by atoms with Gasteiger partial charge in [0.2, 0.25) is 0 Å². The lowest BCUT2D eigenvalue weighted by atomic mass is 10.2. The van der Waals surface area contributed by atoms with E-state index in [4.69, 9.17) is 12.2 Å². The van der Waals surface area contributed by atoms with Gasteiger partial charge in [-0.15, -0.1) is 0 Å². The van der Waals surface area contributed by atoms with Crippen molar-refractivity contribution in [3.63, 3.8) is 0 Å². The Hall–Kier alpha value is -0.110. The summed E-state index contributed by atoms with van der Waals surface area (Å²) in [6.45, 7) is 6.74. The molecule has 1 nitrogen and oxygen atoms in total. The highest BCUT2D eigenvalue weighted by Crippen LogP contribution is 1.98. The van der Waals surface area contributed by atoms with Gasteiger partial charge in [0.1, 0.15) is 0 Å². The normalized spacial score (nSPS) is 9.83. The number of thiocarbonyl (C=S) groups is 1. The molecular formula is C10H21NS.